The highest BCUT2D eigenvalue weighted by Crippen LogP contribution is 2.25. The fourth-order valence-corrected chi connectivity index (χ4v) is 3.55. The van der Waals surface area contributed by atoms with Crippen LogP contribution in [0, 0.1) is 0 Å². The summed E-state index contributed by atoms with van der Waals surface area (Å²) in [5, 5.41) is 14.4. The fraction of sp³-hybridized carbons (Fsp3) is 0.615. The van der Waals surface area contributed by atoms with Gasteiger partial charge in [0.2, 0.25) is 5.91 Å². The molecule has 0 aliphatic heterocycles. The summed E-state index contributed by atoms with van der Waals surface area (Å²) in [7, 11) is 0. The maximum absolute atomic E-state index is 11.0. The number of nitrogens with zero attached hydrogens (tertiary/aromatic N) is 1. The average molecular weight is 316 g/mol. The molecule has 0 spiro atoms. The van der Waals surface area contributed by atoms with Crippen LogP contribution in [0.2, 0.25) is 0 Å². The van der Waals surface area contributed by atoms with Crippen molar-refractivity contribution in [3.63, 3.8) is 0 Å². The molecule has 0 radical (unpaired) electrons. The van der Waals surface area contributed by atoms with Crippen molar-refractivity contribution >= 4 is 35.0 Å². The van der Waals surface area contributed by atoms with E-state index in [0.29, 0.717) is 11.5 Å². The molecule has 0 fully saturated rings. The third-order valence-corrected chi connectivity index (χ3v) is 4.58. The zero-order valence-corrected chi connectivity index (χ0v) is 13.7. The molecule has 20 heavy (non-hydrogen) atoms. The second-order valence-corrected chi connectivity index (χ2v) is 7.46. The van der Waals surface area contributed by atoms with Crippen molar-refractivity contribution in [2.45, 2.75) is 44.9 Å². The van der Waals surface area contributed by atoms with Gasteiger partial charge in [-0.3, -0.25) is 4.79 Å². The van der Waals surface area contributed by atoms with Gasteiger partial charge in [-0.15, -0.1) is 11.3 Å². The quantitative estimate of drug-likeness (QED) is 0.841. The number of rotatable bonds is 6. The number of hydrogen-bond donors (Lipinski definition) is 2. The molecule has 0 aliphatic carbocycles. The van der Waals surface area contributed by atoms with E-state index < -0.39 is 12.0 Å². The Hall–Kier alpha value is -1.08. The SMILES string of the molecule is CC(=O)N[C@@H](CSCc1nc(C(C)(C)C)cs1)C(=O)O. The third-order valence-electron chi connectivity index (χ3n) is 2.51. The van der Waals surface area contributed by atoms with E-state index in [-0.39, 0.29) is 11.3 Å². The highest BCUT2D eigenvalue weighted by Gasteiger charge is 2.20. The summed E-state index contributed by atoms with van der Waals surface area (Å²) in [6.45, 7) is 7.64. The summed E-state index contributed by atoms with van der Waals surface area (Å²) in [6.07, 6.45) is 0. The van der Waals surface area contributed by atoms with Crippen molar-refractivity contribution < 1.29 is 14.7 Å². The van der Waals surface area contributed by atoms with Crippen molar-refractivity contribution in [3.05, 3.63) is 16.1 Å². The van der Waals surface area contributed by atoms with Crippen molar-refractivity contribution in [1.29, 1.82) is 0 Å². The molecule has 0 aromatic carbocycles. The second-order valence-electron chi connectivity index (χ2n) is 5.48. The number of thioether (sulfide) groups is 1. The molecule has 1 atom stereocenters. The van der Waals surface area contributed by atoms with Crippen LogP contribution in [0.25, 0.3) is 0 Å². The number of hydrogen-bond acceptors (Lipinski definition) is 5. The molecule has 1 aromatic rings. The normalized spacial score (nSPS) is 13.0. The molecule has 0 unspecified atom stereocenters. The smallest absolute Gasteiger partial charge is 0.327 e. The number of thiazole rings is 1. The summed E-state index contributed by atoms with van der Waals surface area (Å²) in [4.78, 5) is 26.4. The van der Waals surface area contributed by atoms with Crippen LogP contribution in [-0.4, -0.2) is 33.8 Å². The maximum atomic E-state index is 11.0. The fourth-order valence-electron chi connectivity index (χ4n) is 1.41. The molecule has 0 bridgehead atoms. The van der Waals surface area contributed by atoms with Gasteiger partial charge < -0.3 is 10.4 Å². The molecule has 112 valence electrons. The molecule has 1 heterocycles. The molecular formula is C13H20N2O3S2. The van der Waals surface area contributed by atoms with Gasteiger partial charge in [-0.05, 0) is 0 Å². The summed E-state index contributed by atoms with van der Waals surface area (Å²) in [5.41, 5.74) is 1.08. The van der Waals surface area contributed by atoms with Crippen LogP contribution in [0.3, 0.4) is 0 Å². The van der Waals surface area contributed by atoms with Crippen molar-refractivity contribution in [2.24, 2.45) is 0 Å². The first-order valence-electron chi connectivity index (χ1n) is 6.22. The van der Waals surface area contributed by atoms with Gasteiger partial charge in [0.15, 0.2) is 0 Å². The van der Waals surface area contributed by atoms with Crippen molar-refractivity contribution in [3.8, 4) is 0 Å². The third kappa shape index (κ3) is 5.50. The molecular weight excluding hydrogens is 296 g/mol. The summed E-state index contributed by atoms with van der Waals surface area (Å²) in [5.74, 6) is -0.354. The largest absolute Gasteiger partial charge is 0.480 e. The lowest BCUT2D eigenvalue weighted by molar-refractivity contribution is -0.140. The Morgan fingerprint density at radius 1 is 1.50 bits per heavy atom. The average Bonchev–Trinajstić information content (AvgIpc) is 2.75. The zero-order valence-electron chi connectivity index (χ0n) is 12.1. The summed E-state index contributed by atoms with van der Waals surface area (Å²) >= 11 is 3.04. The van der Waals surface area contributed by atoms with E-state index in [9.17, 15) is 9.59 Å². The maximum Gasteiger partial charge on any atom is 0.327 e. The Bertz CT molecular complexity index is 480. The monoisotopic (exact) mass is 316 g/mol. The summed E-state index contributed by atoms with van der Waals surface area (Å²) in [6, 6.07) is -0.848. The van der Waals surface area contributed by atoms with Gasteiger partial charge >= 0.3 is 5.97 Å². The van der Waals surface area contributed by atoms with Crippen LogP contribution in [0.4, 0.5) is 0 Å². The first-order valence-corrected chi connectivity index (χ1v) is 8.26. The lowest BCUT2D eigenvalue weighted by atomic mass is 9.93. The standard InChI is InChI=1S/C13H20N2O3S2/c1-8(16)14-9(12(17)18)5-19-7-11-15-10(6-20-11)13(2,3)4/h6,9H,5,7H2,1-4H3,(H,14,16)(H,17,18)/t9-/m0/s1. The van der Waals surface area contributed by atoms with E-state index >= 15 is 0 Å². The number of carboxylic acids is 1. The highest BCUT2D eigenvalue weighted by molar-refractivity contribution is 7.98. The van der Waals surface area contributed by atoms with Gasteiger partial charge in [-0.1, -0.05) is 20.8 Å². The molecule has 0 saturated heterocycles. The molecule has 0 saturated carbocycles. The van der Waals surface area contributed by atoms with E-state index in [0.717, 1.165) is 10.7 Å². The number of carbonyl (C=O) groups is 2. The van der Waals surface area contributed by atoms with Crippen molar-refractivity contribution in [1.82, 2.24) is 10.3 Å². The van der Waals surface area contributed by atoms with Gasteiger partial charge in [0.1, 0.15) is 11.0 Å². The predicted octanol–water partition coefficient (Wildman–Crippen LogP) is 2.26. The number of carboxylic acid groups (broad SMARTS) is 1. The van der Waals surface area contributed by atoms with Gasteiger partial charge in [0.05, 0.1) is 5.69 Å². The van der Waals surface area contributed by atoms with Gasteiger partial charge in [-0.2, -0.15) is 11.8 Å². The van der Waals surface area contributed by atoms with Crippen LogP contribution in [-0.2, 0) is 20.8 Å². The predicted molar refractivity (Wildman–Crippen MR) is 82.2 cm³/mol. The molecule has 0 aliphatic rings. The number of nitrogens with one attached hydrogen (secondary N) is 1. The van der Waals surface area contributed by atoms with Gasteiger partial charge in [0.25, 0.3) is 0 Å². The van der Waals surface area contributed by atoms with E-state index in [1.54, 1.807) is 11.3 Å². The van der Waals surface area contributed by atoms with Crippen LogP contribution in [0.15, 0.2) is 5.38 Å². The van der Waals surface area contributed by atoms with Crippen molar-refractivity contribution in [2.75, 3.05) is 5.75 Å². The van der Waals surface area contributed by atoms with E-state index in [1.165, 1.54) is 18.7 Å². The molecule has 5 nitrogen and oxygen atoms in total. The minimum absolute atomic E-state index is 0.0270. The minimum atomic E-state index is -1.01. The number of aromatic nitrogens is 1. The van der Waals surface area contributed by atoms with Gasteiger partial charge in [-0.25, -0.2) is 9.78 Å². The zero-order chi connectivity index (χ0) is 15.3. The molecule has 7 heteroatoms. The first kappa shape index (κ1) is 17.0. The van der Waals surface area contributed by atoms with E-state index in [4.69, 9.17) is 5.11 Å². The van der Waals surface area contributed by atoms with Crippen LogP contribution < -0.4 is 5.32 Å². The lowest BCUT2D eigenvalue weighted by Crippen LogP contribution is -2.41. The van der Waals surface area contributed by atoms with Crippen LogP contribution in [0.5, 0.6) is 0 Å². The Labute approximate surface area is 127 Å². The summed E-state index contributed by atoms with van der Waals surface area (Å²) < 4.78 is 0. The topological polar surface area (TPSA) is 79.3 Å². The Balaban J connectivity index is 2.49. The number of aliphatic carboxylic acids is 1. The lowest BCUT2D eigenvalue weighted by Gasteiger charge is -2.14. The Kier molecular flexibility index (Phi) is 6.01. The van der Waals surface area contributed by atoms with Gasteiger partial charge in [0, 0.05) is 29.2 Å². The highest BCUT2D eigenvalue weighted by atomic mass is 32.2. The van der Waals surface area contributed by atoms with Crippen LogP contribution >= 0.6 is 23.1 Å². The number of carbonyl (C=O) groups excluding carboxylic acids is 1. The Morgan fingerprint density at radius 3 is 2.60 bits per heavy atom. The number of amides is 1. The molecule has 2 N–H and O–H groups in total. The van der Waals surface area contributed by atoms with E-state index in [2.05, 4.69) is 31.1 Å². The first-order chi connectivity index (χ1) is 9.20. The molecule has 1 aromatic heterocycles. The van der Waals surface area contributed by atoms with E-state index in [1.807, 2.05) is 5.38 Å². The minimum Gasteiger partial charge on any atom is -0.480 e. The second kappa shape index (κ2) is 7.08. The van der Waals surface area contributed by atoms with Crippen LogP contribution in [0.1, 0.15) is 38.4 Å². The Morgan fingerprint density at radius 2 is 2.15 bits per heavy atom. The molecule has 1 amide bonds. The molecule has 1 rings (SSSR count).